The summed E-state index contributed by atoms with van der Waals surface area (Å²) in [6, 6.07) is 19.7. The monoisotopic (exact) mass is 569 g/mol. The first-order chi connectivity index (χ1) is 18.5. The Labute approximate surface area is 236 Å². The Morgan fingerprint density at radius 1 is 0.923 bits per heavy atom. The van der Waals surface area contributed by atoms with Crippen molar-refractivity contribution in [2.24, 2.45) is 0 Å². The number of sulfonamides is 1. The van der Waals surface area contributed by atoms with E-state index in [0.717, 1.165) is 28.3 Å². The van der Waals surface area contributed by atoms with Crippen LogP contribution in [0.5, 0.6) is 0 Å². The lowest BCUT2D eigenvalue weighted by atomic mass is 10.1. The van der Waals surface area contributed by atoms with Crippen LogP contribution in [0.1, 0.15) is 43.4 Å². The molecule has 0 aliphatic heterocycles. The first-order valence-corrected chi connectivity index (χ1v) is 14.8. The van der Waals surface area contributed by atoms with Gasteiger partial charge >= 0.3 is 0 Å². The highest BCUT2D eigenvalue weighted by atomic mass is 35.5. The maximum Gasteiger partial charge on any atom is 0.264 e. The van der Waals surface area contributed by atoms with Crippen molar-refractivity contribution in [2.75, 3.05) is 17.4 Å². The normalized spacial score (nSPS) is 12.0. The number of nitrogens with one attached hydrogen (secondary N) is 1. The van der Waals surface area contributed by atoms with Crippen molar-refractivity contribution in [3.05, 3.63) is 94.5 Å². The van der Waals surface area contributed by atoms with Gasteiger partial charge in [-0.15, -0.1) is 0 Å². The summed E-state index contributed by atoms with van der Waals surface area (Å²) in [6.45, 7) is 7.49. The highest BCUT2D eigenvalue weighted by Gasteiger charge is 2.32. The van der Waals surface area contributed by atoms with E-state index < -0.39 is 28.5 Å². The minimum Gasteiger partial charge on any atom is -0.354 e. The van der Waals surface area contributed by atoms with Crippen LogP contribution < -0.4 is 9.62 Å². The second-order valence-corrected chi connectivity index (χ2v) is 11.9. The van der Waals surface area contributed by atoms with Crippen LogP contribution in [0, 0.1) is 13.8 Å². The number of benzene rings is 3. The number of carbonyl (C=O) groups excluding carboxylic acids is 2. The lowest BCUT2D eigenvalue weighted by Crippen LogP contribution is -2.51. The molecular weight excluding hydrogens is 534 g/mol. The van der Waals surface area contributed by atoms with Gasteiger partial charge in [-0.25, -0.2) is 8.42 Å². The molecule has 39 heavy (non-hydrogen) atoms. The van der Waals surface area contributed by atoms with Gasteiger partial charge in [-0.05, 0) is 63.1 Å². The number of carbonyl (C=O) groups is 2. The topological polar surface area (TPSA) is 86.8 Å². The van der Waals surface area contributed by atoms with Gasteiger partial charge in [0.15, 0.2) is 0 Å². The molecule has 0 radical (unpaired) electrons. The van der Waals surface area contributed by atoms with Crippen molar-refractivity contribution >= 4 is 39.1 Å². The largest absolute Gasteiger partial charge is 0.354 e. The highest BCUT2D eigenvalue weighted by molar-refractivity contribution is 7.92. The van der Waals surface area contributed by atoms with Crippen molar-refractivity contribution in [2.45, 2.75) is 58.0 Å². The average molecular weight is 570 g/mol. The third-order valence-corrected chi connectivity index (χ3v) is 8.66. The molecule has 0 fully saturated rings. The van der Waals surface area contributed by atoms with Crippen LogP contribution in [0.2, 0.25) is 5.02 Å². The fourth-order valence-corrected chi connectivity index (χ4v) is 5.62. The predicted octanol–water partition coefficient (Wildman–Crippen LogP) is 5.49. The highest BCUT2D eigenvalue weighted by Crippen LogP contribution is 2.26. The van der Waals surface area contributed by atoms with E-state index in [-0.39, 0.29) is 17.3 Å². The van der Waals surface area contributed by atoms with Gasteiger partial charge in [-0.2, -0.15) is 0 Å². The molecule has 0 aromatic heterocycles. The molecule has 0 aliphatic carbocycles. The Bertz CT molecular complexity index is 1380. The molecule has 0 heterocycles. The maximum atomic E-state index is 13.9. The molecule has 3 aromatic carbocycles. The second kappa shape index (κ2) is 13.6. The first kappa shape index (κ1) is 30.2. The van der Waals surface area contributed by atoms with E-state index in [2.05, 4.69) is 5.32 Å². The summed E-state index contributed by atoms with van der Waals surface area (Å²) >= 11 is 6.40. The van der Waals surface area contributed by atoms with Crippen LogP contribution >= 0.6 is 11.6 Å². The predicted molar refractivity (Wildman–Crippen MR) is 156 cm³/mol. The first-order valence-electron chi connectivity index (χ1n) is 13.0. The number of aryl methyl sites for hydroxylation is 2. The van der Waals surface area contributed by atoms with Gasteiger partial charge in [0.2, 0.25) is 11.8 Å². The number of halogens is 1. The van der Waals surface area contributed by atoms with Gasteiger partial charge in [0.05, 0.1) is 10.6 Å². The van der Waals surface area contributed by atoms with Crippen molar-refractivity contribution in [1.82, 2.24) is 10.2 Å². The number of hydrogen-bond acceptors (Lipinski definition) is 4. The van der Waals surface area contributed by atoms with Crippen LogP contribution in [0.15, 0.2) is 77.7 Å². The summed E-state index contributed by atoms with van der Waals surface area (Å²) in [5.41, 5.74) is 2.88. The summed E-state index contributed by atoms with van der Waals surface area (Å²) in [5, 5.41) is 3.33. The average Bonchev–Trinajstić information content (AvgIpc) is 2.91. The molecule has 0 saturated heterocycles. The van der Waals surface area contributed by atoms with Crippen LogP contribution in [-0.4, -0.2) is 44.3 Å². The Kier molecular flexibility index (Phi) is 10.5. The van der Waals surface area contributed by atoms with Gasteiger partial charge in [-0.3, -0.25) is 13.9 Å². The molecule has 1 atom stereocenters. The molecular formula is C30H36ClN3O4S. The zero-order valence-electron chi connectivity index (χ0n) is 22.9. The molecule has 208 valence electrons. The third kappa shape index (κ3) is 7.83. The minimum absolute atomic E-state index is 0.0488. The molecule has 3 rings (SSSR count). The maximum absolute atomic E-state index is 13.9. The molecule has 9 heteroatoms. The molecule has 1 N–H and O–H groups in total. The van der Waals surface area contributed by atoms with Gasteiger partial charge in [0.1, 0.15) is 12.6 Å². The summed E-state index contributed by atoms with van der Waals surface area (Å²) in [5.74, 6) is -0.837. The number of amides is 2. The van der Waals surface area contributed by atoms with Crippen LogP contribution in [0.3, 0.4) is 0 Å². The summed E-state index contributed by atoms with van der Waals surface area (Å²) < 4.78 is 28.8. The van der Waals surface area contributed by atoms with E-state index >= 15 is 0 Å². The molecule has 0 aliphatic rings. The fraction of sp³-hybridized carbons (Fsp3) is 0.333. The zero-order chi connectivity index (χ0) is 28.6. The molecule has 0 saturated carbocycles. The van der Waals surface area contributed by atoms with Crippen molar-refractivity contribution in [1.29, 1.82) is 0 Å². The Morgan fingerprint density at radius 3 is 2.10 bits per heavy atom. The summed E-state index contributed by atoms with van der Waals surface area (Å²) in [7, 11) is -4.10. The van der Waals surface area contributed by atoms with Crippen molar-refractivity contribution in [3.63, 3.8) is 0 Å². The van der Waals surface area contributed by atoms with Gasteiger partial charge in [0, 0.05) is 18.1 Å². The number of rotatable bonds is 12. The lowest BCUT2D eigenvalue weighted by Gasteiger charge is -2.32. The smallest absolute Gasteiger partial charge is 0.264 e. The number of anilines is 1. The summed E-state index contributed by atoms with van der Waals surface area (Å²) in [4.78, 5) is 28.4. The number of hydrogen-bond donors (Lipinski definition) is 1. The SMILES string of the molecule is CCCCNC(=O)[C@H](C)N(Cc1ccccc1Cl)C(=O)CN(c1ccc(C)cc1)S(=O)(=O)c1ccc(C)cc1. The molecule has 0 unspecified atom stereocenters. The number of nitrogens with zero attached hydrogens (tertiary/aromatic N) is 2. The molecule has 3 aromatic rings. The Hall–Kier alpha value is -3.36. The quantitative estimate of drug-likeness (QED) is 0.292. The second-order valence-electron chi connectivity index (χ2n) is 9.59. The lowest BCUT2D eigenvalue weighted by molar-refractivity contribution is -0.139. The zero-order valence-corrected chi connectivity index (χ0v) is 24.4. The third-order valence-electron chi connectivity index (χ3n) is 6.51. The van der Waals surface area contributed by atoms with Crippen LogP contribution in [0.4, 0.5) is 5.69 Å². The van der Waals surface area contributed by atoms with E-state index in [9.17, 15) is 18.0 Å². The van der Waals surface area contributed by atoms with E-state index in [1.54, 1.807) is 67.6 Å². The fourth-order valence-electron chi connectivity index (χ4n) is 4.01. The van der Waals surface area contributed by atoms with E-state index in [0.29, 0.717) is 22.8 Å². The molecule has 7 nitrogen and oxygen atoms in total. The van der Waals surface area contributed by atoms with Crippen LogP contribution in [-0.2, 0) is 26.2 Å². The Morgan fingerprint density at radius 2 is 1.51 bits per heavy atom. The van der Waals surface area contributed by atoms with E-state index in [1.165, 1.54) is 17.0 Å². The standard InChI is InChI=1S/C30H36ClN3O4S/c1-5-6-19-32-30(36)24(4)33(20-25-9-7-8-10-28(25)31)29(35)21-34(26-15-11-22(2)12-16-26)39(37,38)27-17-13-23(3)14-18-27/h7-18,24H,5-6,19-21H2,1-4H3,(H,32,36)/t24-/m0/s1. The van der Waals surface area contributed by atoms with E-state index in [4.69, 9.17) is 11.6 Å². The van der Waals surface area contributed by atoms with Gasteiger partial charge in [-0.1, -0.05) is 78.5 Å². The number of unbranched alkanes of at least 4 members (excludes halogenated alkanes) is 1. The van der Waals surface area contributed by atoms with Gasteiger partial charge < -0.3 is 10.2 Å². The molecule has 2 amide bonds. The van der Waals surface area contributed by atoms with Gasteiger partial charge in [0.25, 0.3) is 10.0 Å². The van der Waals surface area contributed by atoms with Crippen LogP contribution in [0.25, 0.3) is 0 Å². The van der Waals surface area contributed by atoms with E-state index in [1.807, 2.05) is 20.8 Å². The molecule has 0 spiro atoms. The van der Waals surface area contributed by atoms with Crippen molar-refractivity contribution in [3.8, 4) is 0 Å². The Balaban J connectivity index is 2.00. The summed E-state index contributed by atoms with van der Waals surface area (Å²) in [6.07, 6.45) is 1.73. The van der Waals surface area contributed by atoms with Crippen molar-refractivity contribution < 1.29 is 18.0 Å². The minimum atomic E-state index is -4.10. The molecule has 0 bridgehead atoms.